The zero-order valence-corrected chi connectivity index (χ0v) is 13.5. The van der Waals surface area contributed by atoms with Gasteiger partial charge in [0.05, 0.1) is 6.54 Å². The van der Waals surface area contributed by atoms with Crippen molar-refractivity contribution in [2.45, 2.75) is 0 Å². The third kappa shape index (κ3) is 4.11. The van der Waals surface area contributed by atoms with Gasteiger partial charge in [0.2, 0.25) is 0 Å². The maximum absolute atomic E-state index is 12.2. The third-order valence-electron chi connectivity index (χ3n) is 3.28. The van der Waals surface area contributed by atoms with Gasteiger partial charge in [0, 0.05) is 16.1 Å². The van der Waals surface area contributed by atoms with E-state index in [4.69, 9.17) is 16.3 Å². The van der Waals surface area contributed by atoms with Crippen molar-refractivity contribution < 1.29 is 9.53 Å². The first-order valence-electron chi connectivity index (χ1n) is 7.35. The predicted octanol–water partition coefficient (Wildman–Crippen LogP) is 2.93. The van der Waals surface area contributed by atoms with Crippen molar-refractivity contribution in [2.24, 2.45) is 0 Å². The van der Waals surface area contributed by atoms with Crippen molar-refractivity contribution in [3.63, 3.8) is 0 Å². The lowest BCUT2D eigenvalue weighted by Gasteiger charge is -2.08. The average Bonchev–Trinajstić information content (AvgIpc) is 3.15. The van der Waals surface area contributed by atoms with Crippen LogP contribution in [0, 0.1) is 0 Å². The molecule has 2 aromatic carbocycles. The zero-order chi connectivity index (χ0) is 16.8. The van der Waals surface area contributed by atoms with Crippen LogP contribution in [0.1, 0.15) is 10.4 Å². The van der Waals surface area contributed by atoms with Gasteiger partial charge in [-0.15, -0.1) is 0 Å². The molecule has 0 atom stereocenters. The Labute approximate surface area is 143 Å². The minimum atomic E-state index is -0.170. The Bertz CT molecular complexity index is 804. The molecule has 0 saturated carbocycles. The molecule has 0 bridgehead atoms. The van der Waals surface area contributed by atoms with Gasteiger partial charge in [-0.25, -0.2) is 4.98 Å². The van der Waals surface area contributed by atoms with Crippen LogP contribution < -0.4 is 10.1 Å². The summed E-state index contributed by atoms with van der Waals surface area (Å²) in [5.74, 6) is 1.16. The van der Waals surface area contributed by atoms with Crippen molar-refractivity contribution in [3.8, 4) is 17.1 Å². The number of hydrogen-bond donors (Lipinski definition) is 2. The number of nitrogens with one attached hydrogen (secondary N) is 2. The zero-order valence-electron chi connectivity index (χ0n) is 12.7. The van der Waals surface area contributed by atoms with Crippen molar-refractivity contribution in [3.05, 3.63) is 65.4 Å². The molecule has 0 aliphatic rings. The molecule has 3 rings (SSSR count). The topological polar surface area (TPSA) is 79.9 Å². The van der Waals surface area contributed by atoms with Gasteiger partial charge < -0.3 is 10.1 Å². The summed E-state index contributed by atoms with van der Waals surface area (Å²) in [6.45, 7) is 0.767. The number of benzene rings is 2. The Balaban J connectivity index is 1.52. The molecule has 0 radical (unpaired) electrons. The SMILES string of the molecule is O=C(NCCOc1ccc(Cl)cc1)c1cccc(-c2ncn[nH]2)c1. The van der Waals surface area contributed by atoms with Gasteiger partial charge in [-0.3, -0.25) is 9.89 Å². The van der Waals surface area contributed by atoms with Gasteiger partial charge in [-0.1, -0.05) is 23.7 Å². The fraction of sp³-hybridized carbons (Fsp3) is 0.118. The molecule has 0 spiro atoms. The number of aromatic nitrogens is 3. The van der Waals surface area contributed by atoms with E-state index in [1.54, 1.807) is 42.5 Å². The van der Waals surface area contributed by atoms with Crippen LogP contribution in [0.4, 0.5) is 0 Å². The highest BCUT2D eigenvalue weighted by Crippen LogP contribution is 2.16. The van der Waals surface area contributed by atoms with E-state index in [-0.39, 0.29) is 5.91 Å². The first kappa shape index (κ1) is 16.0. The normalized spacial score (nSPS) is 10.4. The molecular formula is C17H15ClN4O2. The minimum absolute atomic E-state index is 0.170. The number of carbonyl (C=O) groups is 1. The Morgan fingerprint density at radius 2 is 2.04 bits per heavy atom. The monoisotopic (exact) mass is 342 g/mol. The summed E-state index contributed by atoms with van der Waals surface area (Å²) in [6.07, 6.45) is 1.43. The number of hydrogen-bond acceptors (Lipinski definition) is 4. The van der Waals surface area contributed by atoms with Gasteiger partial charge in [-0.2, -0.15) is 5.10 Å². The van der Waals surface area contributed by atoms with Crippen LogP contribution in [0.15, 0.2) is 54.9 Å². The smallest absolute Gasteiger partial charge is 0.251 e. The molecule has 1 heterocycles. The second-order valence-corrected chi connectivity index (χ2v) is 5.41. The standard InChI is InChI=1S/C17H15ClN4O2/c18-14-4-6-15(7-5-14)24-9-8-19-17(23)13-3-1-2-12(10-13)16-20-11-21-22-16/h1-7,10-11H,8-9H2,(H,19,23)(H,20,21,22). The van der Waals surface area contributed by atoms with Crippen LogP contribution >= 0.6 is 11.6 Å². The Hall–Kier alpha value is -2.86. The van der Waals surface area contributed by atoms with Gasteiger partial charge in [0.1, 0.15) is 18.7 Å². The summed E-state index contributed by atoms with van der Waals surface area (Å²) in [5, 5.41) is 10.1. The van der Waals surface area contributed by atoms with Crippen LogP contribution in [0.25, 0.3) is 11.4 Å². The lowest BCUT2D eigenvalue weighted by Crippen LogP contribution is -2.28. The Morgan fingerprint density at radius 3 is 2.79 bits per heavy atom. The molecule has 3 aromatic rings. The number of rotatable bonds is 6. The summed E-state index contributed by atoms with van der Waals surface area (Å²) in [4.78, 5) is 16.3. The number of carbonyl (C=O) groups excluding carboxylic acids is 1. The second kappa shape index (κ2) is 7.61. The van der Waals surface area contributed by atoms with Gasteiger partial charge in [0.25, 0.3) is 5.91 Å². The highest BCUT2D eigenvalue weighted by molar-refractivity contribution is 6.30. The molecule has 6 nitrogen and oxygen atoms in total. The van der Waals surface area contributed by atoms with Gasteiger partial charge in [0.15, 0.2) is 5.82 Å². The third-order valence-corrected chi connectivity index (χ3v) is 3.54. The number of aromatic amines is 1. The number of halogens is 1. The molecule has 0 fully saturated rings. The van der Waals surface area contributed by atoms with E-state index in [1.807, 2.05) is 6.07 Å². The molecule has 24 heavy (non-hydrogen) atoms. The average molecular weight is 343 g/mol. The molecular weight excluding hydrogens is 328 g/mol. The molecule has 2 N–H and O–H groups in total. The largest absolute Gasteiger partial charge is 0.492 e. The fourth-order valence-corrected chi connectivity index (χ4v) is 2.24. The van der Waals surface area contributed by atoms with Crippen molar-refractivity contribution in [1.29, 1.82) is 0 Å². The summed E-state index contributed by atoms with van der Waals surface area (Å²) in [6, 6.07) is 14.2. The quantitative estimate of drug-likeness (QED) is 0.675. The number of nitrogens with zero attached hydrogens (tertiary/aromatic N) is 2. The molecule has 0 aliphatic carbocycles. The van der Waals surface area contributed by atoms with Crippen LogP contribution in [0.3, 0.4) is 0 Å². The Kier molecular flexibility index (Phi) is 5.08. The van der Waals surface area contributed by atoms with Crippen LogP contribution in [-0.2, 0) is 0 Å². The molecule has 7 heteroatoms. The maximum atomic E-state index is 12.2. The highest BCUT2D eigenvalue weighted by Gasteiger charge is 2.08. The molecule has 1 amide bonds. The van der Waals surface area contributed by atoms with Gasteiger partial charge in [-0.05, 0) is 36.4 Å². The van der Waals surface area contributed by atoms with Crippen molar-refractivity contribution in [2.75, 3.05) is 13.2 Å². The Morgan fingerprint density at radius 1 is 1.21 bits per heavy atom. The molecule has 0 unspecified atom stereocenters. The van der Waals surface area contributed by atoms with Crippen molar-refractivity contribution >= 4 is 17.5 Å². The molecule has 0 saturated heterocycles. The predicted molar refractivity (Wildman–Crippen MR) is 91.1 cm³/mol. The minimum Gasteiger partial charge on any atom is -0.492 e. The highest BCUT2D eigenvalue weighted by atomic mass is 35.5. The lowest BCUT2D eigenvalue weighted by atomic mass is 10.1. The first-order chi connectivity index (χ1) is 11.7. The van der Waals surface area contributed by atoms with Crippen molar-refractivity contribution in [1.82, 2.24) is 20.5 Å². The van der Waals surface area contributed by atoms with E-state index in [0.29, 0.717) is 35.3 Å². The summed E-state index contributed by atoms with van der Waals surface area (Å²) < 4.78 is 5.53. The lowest BCUT2D eigenvalue weighted by molar-refractivity contribution is 0.0947. The summed E-state index contributed by atoms with van der Waals surface area (Å²) >= 11 is 5.81. The molecule has 0 aliphatic heterocycles. The van der Waals surface area contributed by atoms with Crippen LogP contribution in [0.2, 0.25) is 5.02 Å². The fourth-order valence-electron chi connectivity index (χ4n) is 2.12. The first-order valence-corrected chi connectivity index (χ1v) is 7.72. The van der Waals surface area contributed by atoms with E-state index in [2.05, 4.69) is 20.5 Å². The van der Waals surface area contributed by atoms with E-state index in [9.17, 15) is 4.79 Å². The van der Waals surface area contributed by atoms with Crippen LogP contribution in [0.5, 0.6) is 5.75 Å². The molecule has 1 aromatic heterocycles. The van der Waals surface area contributed by atoms with E-state index < -0.39 is 0 Å². The number of ether oxygens (including phenoxy) is 1. The van der Waals surface area contributed by atoms with E-state index in [1.165, 1.54) is 6.33 Å². The van der Waals surface area contributed by atoms with E-state index in [0.717, 1.165) is 5.56 Å². The number of amides is 1. The van der Waals surface area contributed by atoms with Gasteiger partial charge >= 0.3 is 0 Å². The number of H-pyrrole nitrogens is 1. The van der Waals surface area contributed by atoms with E-state index >= 15 is 0 Å². The maximum Gasteiger partial charge on any atom is 0.251 e. The summed E-state index contributed by atoms with van der Waals surface area (Å²) in [5.41, 5.74) is 1.35. The van der Waals surface area contributed by atoms with Crippen LogP contribution in [-0.4, -0.2) is 34.2 Å². The summed E-state index contributed by atoms with van der Waals surface area (Å²) in [7, 11) is 0. The second-order valence-electron chi connectivity index (χ2n) is 4.97. The molecule has 122 valence electrons.